The van der Waals surface area contributed by atoms with Gasteiger partial charge in [-0.05, 0) is 63.7 Å². The minimum absolute atomic E-state index is 0.0793. The molecule has 0 bridgehead atoms. The molecule has 0 radical (unpaired) electrons. The van der Waals surface area contributed by atoms with Crippen LogP contribution in [0.25, 0.3) is 0 Å². The molecular formula is C26H53BN2O4Si2. The molecule has 6 nitrogen and oxygen atoms in total. The first-order valence-corrected chi connectivity index (χ1v) is 19.8. The lowest BCUT2D eigenvalue weighted by Gasteiger charge is -2.39. The van der Waals surface area contributed by atoms with Gasteiger partial charge >= 0.3 is 7.12 Å². The summed E-state index contributed by atoms with van der Waals surface area (Å²) in [6.07, 6.45) is 2.71. The lowest BCUT2D eigenvalue weighted by molar-refractivity contribution is 0.00578. The minimum atomic E-state index is -1.84. The van der Waals surface area contributed by atoms with Gasteiger partial charge in [-0.25, -0.2) is 4.68 Å². The molecule has 1 aliphatic rings. The summed E-state index contributed by atoms with van der Waals surface area (Å²) in [7, 11) is -3.43. The molecule has 0 saturated carbocycles. The zero-order chi connectivity index (χ0) is 27.1. The molecule has 35 heavy (non-hydrogen) atoms. The predicted molar refractivity (Wildman–Crippen MR) is 153 cm³/mol. The van der Waals surface area contributed by atoms with E-state index < -0.39 is 34.7 Å². The molecule has 0 atom stereocenters. The van der Waals surface area contributed by atoms with Crippen molar-refractivity contribution in [3.05, 3.63) is 11.9 Å². The summed E-state index contributed by atoms with van der Waals surface area (Å²) in [5, 5.41) is 4.92. The summed E-state index contributed by atoms with van der Waals surface area (Å²) in [5.74, 6) is 0. The quantitative estimate of drug-likeness (QED) is 0.259. The van der Waals surface area contributed by atoms with E-state index in [1.165, 1.54) is 0 Å². The van der Waals surface area contributed by atoms with Crippen molar-refractivity contribution in [2.75, 3.05) is 13.2 Å². The Hall–Kier alpha value is -0.451. The third-order valence-corrected chi connectivity index (χ3v) is 14.2. The van der Waals surface area contributed by atoms with Gasteiger partial charge in [0, 0.05) is 38.6 Å². The molecule has 0 amide bonds. The number of hydrogen-bond acceptors (Lipinski definition) is 5. The minimum Gasteiger partial charge on any atom is -0.416 e. The van der Waals surface area contributed by atoms with Crippen LogP contribution in [0.4, 0.5) is 0 Å². The van der Waals surface area contributed by atoms with Gasteiger partial charge in [0.1, 0.15) is 6.73 Å². The number of hydrogen-bond donors (Lipinski definition) is 0. The zero-order valence-corrected chi connectivity index (χ0v) is 27.2. The number of rotatable bonds is 11. The van der Waals surface area contributed by atoms with Crippen molar-refractivity contribution in [3.63, 3.8) is 0 Å². The van der Waals surface area contributed by atoms with Crippen molar-refractivity contribution in [2.24, 2.45) is 5.41 Å². The Morgan fingerprint density at radius 3 is 2.00 bits per heavy atom. The molecule has 202 valence electrons. The maximum absolute atomic E-state index is 6.63. The van der Waals surface area contributed by atoms with E-state index in [0.717, 1.165) is 30.2 Å². The fourth-order valence-electron chi connectivity index (χ4n) is 3.52. The van der Waals surface area contributed by atoms with Crippen LogP contribution in [-0.2, 0) is 31.6 Å². The highest BCUT2D eigenvalue weighted by molar-refractivity contribution is 6.76. The molecule has 1 aromatic rings. The first-order valence-electron chi connectivity index (χ1n) is 13.2. The SMILES string of the molecule is CC(C)(CO[Si](C)(C)C(C)(C)C)Cc1c(B2OC(C)(C)C(C)(C)O2)cnn1COCC[Si](C)(C)C. The summed E-state index contributed by atoms with van der Waals surface area (Å²) in [5.41, 5.74) is 1.24. The number of aromatic nitrogens is 2. The van der Waals surface area contributed by atoms with Gasteiger partial charge in [-0.3, -0.25) is 0 Å². The van der Waals surface area contributed by atoms with Crippen molar-refractivity contribution >= 4 is 29.0 Å². The van der Waals surface area contributed by atoms with Crippen molar-refractivity contribution in [2.45, 2.75) is 130 Å². The predicted octanol–water partition coefficient (Wildman–Crippen LogP) is 6.09. The Morgan fingerprint density at radius 2 is 1.51 bits per heavy atom. The Labute approximate surface area is 218 Å². The van der Waals surface area contributed by atoms with Crippen molar-refractivity contribution in [3.8, 4) is 0 Å². The number of nitrogens with zero attached hydrogens (tertiary/aromatic N) is 2. The maximum atomic E-state index is 6.63. The second-order valence-electron chi connectivity index (χ2n) is 14.9. The molecule has 1 aliphatic heterocycles. The van der Waals surface area contributed by atoms with Crippen LogP contribution < -0.4 is 5.46 Å². The topological polar surface area (TPSA) is 54.7 Å². The molecule has 2 heterocycles. The van der Waals surface area contributed by atoms with E-state index in [1.54, 1.807) is 0 Å². The molecule has 0 spiro atoms. The van der Waals surface area contributed by atoms with Crippen LogP contribution in [0.15, 0.2) is 6.20 Å². The van der Waals surface area contributed by atoms with E-state index >= 15 is 0 Å². The average Bonchev–Trinajstić information content (AvgIpc) is 3.12. The van der Waals surface area contributed by atoms with Gasteiger partial charge in [0.25, 0.3) is 0 Å². The molecule has 0 aromatic carbocycles. The Kier molecular flexibility index (Phi) is 9.12. The van der Waals surface area contributed by atoms with E-state index in [0.29, 0.717) is 13.3 Å². The lowest BCUT2D eigenvalue weighted by atomic mass is 9.75. The Morgan fingerprint density at radius 1 is 0.971 bits per heavy atom. The highest BCUT2D eigenvalue weighted by atomic mass is 28.4. The maximum Gasteiger partial charge on any atom is 0.498 e. The summed E-state index contributed by atoms with van der Waals surface area (Å²) in [6, 6.07) is 1.14. The average molecular weight is 525 g/mol. The molecule has 0 unspecified atom stereocenters. The third kappa shape index (κ3) is 8.01. The van der Waals surface area contributed by atoms with E-state index in [1.807, 2.05) is 10.9 Å². The highest BCUT2D eigenvalue weighted by Crippen LogP contribution is 2.39. The van der Waals surface area contributed by atoms with E-state index in [2.05, 4.69) is 95.0 Å². The van der Waals surface area contributed by atoms with Gasteiger partial charge in [-0.1, -0.05) is 54.3 Å². The molecule has 1 saturated heterocycles. The summed E-state index contributed by atoms with van der Waals surface area (Å²) in [4.78, 5) is 0. The van der Waals surface area contributed by atoms with Crippen LogP contribution in [0.1, 0.15) is 68.0 Å². The monoisotopic (exact) mass is 524 g/mol. The van der Waals surface area contributed by atoms with E-state index in [-0.39, 0.29) is 10.5 Å². The van der Waals surface area contributed by atoms with Gasteiger partial charge in [0.2, 0.25) is 0 Å². The van der Waals surface area contributed by atoms with Gasteiger partial charge in [0.05, 0.1) is 11.2 Å². The van der Waals surface area contributed by atoms with Crippen molar-refractivity contribution in [1.29, 1.82) is 0 Å². The second kappa shape index (κ2) is 10.4. The molecular weight excluding hydrogens is 471 g/mol. The van der Waals surface area contributed by atoms with Crippen molar-refractivity contribution in [1.82, 2.24) is 9.78 Å². The molecule has 1 fully saturated rings. The van der Waals surface area contributed by atoms with Crippen LogP contribution in [0, 0.1) is 5.41 Å². The highest BCUT2D eigenvalue weighted by Gasteiger charge is 2.53. The molecule has 2 rings (SSSR count). The molecule has 9 heteroatoms. The molecule has 1 aromatic heterocycles. The number of ether oxygens (including phenoxy) is 1. The first kappa shape index (κ1) is 30.8. The fraction of sp³-hybridized carbons (Fsp3) is 0.885. The van der Waals surface area contributed by atoms with Gasteiger partial charge in [0.15, 0.2) is 8.32 Å². The summed E-state index contributed by atoms with van der Waals surface area (Å²) < 4.78 is 27.6. The van der Waals surface area contributed by atoms with Gasteiger partial charge < -0.3 is 18.5 Å². The van der Waals surface area contributed by atoms with Crippen LogP contribution in [-0.4, -0.2) is 57.7 Å². The Bertz CT molecular complexity index is 839. The largest absolute Gasteiger partial charge is 0.498 e. The fourth-order valence-corrected chi connectivity index (χ4v) is 5.46. The third-order valence-electron chi connectivity index (χ3n) is 7.97. The van der Waals surface area contributed by atoms with Crippen LogP contribution in [0.3, 0.4) is 0 Å². The summed E-state index contributed by atoms with van der Waals surface area (Å²) in [6.45, 7) is 33.4. The van der Waals surface area contributed by atoms with Crippen LogP contribution in [0.5, 0.6) is 0 Å². The van der Waals surface area contributed by atoms with Crippen LogP contribution >= 0.6 is 0 Å². The standard InChI is InChI=1S/C26H53BN2O4Si2/c1-23(2,3)35(13,14)31-19-24(4,5)17-22-21(27-32-25(6,7)26(8,9)33-27)18-28-29(22)20-30-15-16-34(10,11)12/h18H,15-17,19-20H2,1-14H3. The van der Waals surface area contributed by atoms with E-state index in [9.17, 15) is 0 Å². The zero-order valence-electron chi connectivity index (χ0n) is 25.2. The second-order valence-corrected chi connectivity index (χ2v) is 25.3. The summed E-state index contributed by atoms with van der Waals surface area (Å²) >= 11 is 0. The molecule has 0 N–H and O–H groups in total. The van der Waals surface area contributed by atoms with Crippen molar-refractivity contribution < 1.29 is 18.5 Å². The van der Waals surface area contributed by atoms with E-state index in [4.69, 9.17) is 23.6 Å². The Balaban J connectivity index is 2.27. The van der Waals surface area contributed by atoms with Gasteiger partial charge in [-0.2, -0.15) is 5.10 Å². The lowest BCUT2D eigenvalue weighted by Crippen LogP contribution is -2.44. The first-order chi connectivity index (χ1) is 15.6. The normalized spacial score (nSPS) is 19.0. The smallest absolute Gasteiger partial charge is 0.416 e. The van der Waals surface area contributed by atoms with Crippen LogP contribution in [0.2, 0.25) is 43.8 Å². The van der Waals surface area contributed by atoms with Gasteiger partial charge in [-0.15, -0.1) is 0 Å². The molecule has 0 aliphatic carbocycles.